The summed E-state index contributed by atoms with van der Waals surface area (Å²) in [5.41, 5.74) is 11.3. The number of ether oxygens (including phenoxy) is 3. The van der Waals surface area contributed by atoms with Crippen LogP contribution in [0.1, 0.15) is 45.9 Å². The maximum absolute atomic E-state index is 12.2. The van der Waals surface area contributed by atoms with E-state index >= 15 is 0 Å². The van der Waals surface area contributed by atoms with Crippen molar-refractivity contribution in [3.63, 3.8) is 0 Å². The van der Waals surface area contributed by atoms with Crippen molar-refractivity contribution in [1.29, 1.82) is 0 Å². The molecule has 2 aliphatic rings. The summed E-state index contributed by atoms with van der Waals surface area (Å²) in [5.74, 6) is 2.16. The van der Waals surface area contributed by atoms with Crippen LogP contribution in [0.3, 0.4) is 0 Å². The van der Waals surface area contributed by atoms with Crippen LogP contribution in [-0.4, -0.2) is 80.7 Å². The number of carbonyl (C=O) groups is 1. The third-order valence-corrected chi connectivity index (χ3v) is 11.1. The van der Waals surface area contributed by atoms with Crippen LogP contribution in [0.5, 0.6) is 17.2 Å². The maximum Gasteiger partial charge on any atom is 0.214 e. The van der Waals surface area contributed by atoms with Crippen molar-refractivity contribution in [3.05, 3.63) is 210 Å². The number of aromatic nitrogens is 4. The normalized spacial score (nSPS) is 12.3. The second kappa shape index (κ2) is 20.3. The van der Waals surface area contributed by atoms with Gasteiger partial charge < -0.3 is 29.5 Å². The Morgan fingerprint density at radius 1 is 0.394 bits per heavy atom. The molecule has 0 spiro atoms. The smallest absolute Gasteiger partial charge is 0.214 e. The van der Waals surface area contributed by atoms with E-state index in [9.17, 15) is 4.79 Å². The van der Waals surface area contributed by atoms with Gasteiger partial charge in [0, 0.05) is 16.7 Å². The minimum atomic E-state index is -0.714. The Hall–Kier alpha value is -7.83. The summed E-state index contributed by atoms with van der Waals surface area (Å²) in [6.07, 6.45) is 0. The van der Waals surface area contributed by atoms with E-state index in [0.717, 1.165) is 67.0 Å². The Kier molecular flexibility index (Phi) is 13.8. The summed E-state index contributed by atoms with van der Waals surface area (Å²) in [7, 11) is 0. The van der Waals surface area contributed by atoms with Crippen molar-refractivity contribution in [2.75, 3.05) is 39.6 Å². The van der Waals surface area contributed by atoms with Crippen molar-refractivity contribution in [1.82, 2.24) is 19.9 Å². The molecule has 0 bridgehead atoms. The molecule has 66 heavy (non-hydrogen) atoms. The number of aliphatic hydroxyl groups excluding tert-OH is 3. The standard InChI is InChI=1S/C31H26N2O4.C15H8N2O.C8H10O2.CH4/c34-17-19-36-23-13-9-21(10-14-23)31(22-11-15-24(16-12-22)37-20-18-35)26-6-2-1-5-25(26)29-30(31)33-28-8-4-3-7-27(28)32-29;18-15-10-6-2-1-5-9(10)13-14(15)17-12-8-4-3-7-11(12)16-13;9-6-7-10-8-4-2-1-3-5-8;/h1-16,34-35H,17-20H2;1-8H;1-5,9H,6-7H2;1H4. The minimum Gasteiger partial charge on any atom is -0.491 e. The number of fused-ring (bicyclic) bond motifs is 8. The van der Waals surface area contributed by atoms with E-state index in [1.54, 1.807) is 0 Å². The molecule has 3 N–H and O–H groups in total. The number of ketones is 1. The third kappa shape index (κ3) is 8.70. The molecule has 0 fully saturated rings. The Labute approximate surface area is 382 Å². The van der Waals surface area contributed by atoms with Crippen LogP contribution in [0.2, 0.25) is 0 Å². The van der Waals surface area contributed by atoms with E-state index in [4.69, 9.17) is 39.5 Å². The molecule has 2 heterocycles. The largest absolute Gasteiger partial charge is 0.491 e. The lowest BCUT2D eigenvalue weighted by Crippen LogP contribution is -2.29. The van der Waals surface area contributed by atoms with Crippen LogP contribution in [-0.2, 0) is 5.41 Å². The van der Waals surface area contributed by atoms with Crippen LogP contribution in [0.25, 0.3) is 44.6 Å². The molecule has 0 saturated carbocycles. The van der Waals surface area contributed by atoms with E-state index in [0.29, 0.717) is 35.1 Å². The zero-order chi connectivity index (χ0) is 44.6. The third-order valence-electron chi connectivity index (χ3n) is 11.1. The van der Waals surface area contributed by atoms with Gasteiger partial charge in [-0.25, -0.2) is 19.9 Å². The van der Waals surface area contributed by atoms with Crippen molar-refractivity contribution < 1.29 is 34.3 Å². The highest BCUT2D eigenvalue weighted by molar-refractivity contribution is 6.20. The average Bonchev–Trinajstić information content (AvgIpc) is 3.81. The maximum atomic E-state index is 12.2. The van der Waals surface area contributed by atoms with E-state index in [2.05, 4.69) is 52.4 Å². The van der Waals surface area contributed by atoms with Gasteiger partial charge >= 0.3 is 0 Å². The number of rotatable bonds is 11. The van der Waals surface area contributed by atoms with Crippen LogP contribution in [0, 0.1) is 0 Å². The molecule has 7 aromatic carbocycles. The lowest BCUT2D eigenvalue weighted by molar-refractivity contribution is 0.103. The zero-order valence-corrected chi connectivity index (χ0v) is 35.2. The van der Waals surface area contributed by atoms with Crippen LogP contribution >= 0.6 is 0 Å². The van der Waals surface area contributed by atoms with Gasteiger partial charge in [-0.05, 0) is 77.4 Å². The van der Waals surface area contributed by atoms with Gasteiger partial charge in [0.1, 0.15) is 48.5 Å². The van der Waals surface area contributed by atoms with Crippen LogP contribution < -0.4 is 14.2 Å². The summed E-state index contributed by atoms with van der Waals surface area (Å²) in [5, 5.41) is 26.7. The highest BCUT2D eigenvalue weighted by Crippen LogP contribution is 2.55. The molecule has 11 nitrogen and oxygen atoms in total. The number of hydrogen-bond acceptors (Lipinski definition) is 11. The van der Waals surface area contributed by atoms with E-state index < -0.39 is 5.41 Å². The van der Waals surface area contributed by atoms with Gasteiger partial charge in [0.25, 0.3) is 0 Å². The number of aliphatic hydroxyl groups is 3. The average molecular weight is 877 g/mol. The molecule has 11 rings (SSSR count). The van der Waals surface area contributed by atoms with E-state index in [1.165, 1.54) is 0 Å². The Morgan fingerprint density at radius 3 is 1.30 bits per heavy atom. The first-order valence-electron chi connectivity index (χ1n) is 21.3. The Morgan fingerprint density at radius 2 is 0.788 bits per heavy atom. The number of hydrogen-bond donors (Lipinski definition) is 3. The quantitative estimate of drug-likeness (QED) is 0.114. The molecule has 330 valence electrons. The fourth-order valence-corrected chi connectivity index (χ4v) is 8.32. The molecule has 0 amide bonds. The number of para-hydroxylation sites is 5. The summed E-state index contributed by atoms with van der Waals surface area (Å²) >= 11 is 0. The number of carbonyl (C=O) groups excluding carboxylic acids is 1. The number of nitrogens with zero attached hydrogens (tertiary/aromatic N) is 4. The van der Waals surface area contributed by atoms with Crippen molar-refractivity contribution in [3.8, 4) is 39.8 Å². The van der Waals surface area contributed by atoms with Crippen molar-refractivity contribution in [2.24, 2.45) is 0 Å². The van der Waals surface area contributed by atoms with E-state index in [-0.39, 0.29) is 46.2 Å². The van der Waals surface area contributed by atoms with E-state index in [1.807, 2.05) is 133 Å². The second-order valence-corrected chi connectivity index (χ2v) is 15.1. The molecule has 2 aromatic heterocycles. The van der Waals surface area contributed by atoms with Crippen LogP contribution in [0.4, 0.5) is 0 Å². The SMILES string of the molecule is C.O=C1c2ccccc2-c2nc3ccccc3nc21.OCCOc1ccc(C2(c3ccc(OCCO)cc3)c3ccccc3-c3nc4ccccc4nc32)cc1.OCCOc1ccccc1. The molecule has 9 aromatic rings. The van der Waals surface area contributed by atoms with Gasteiger partial charge in [0.2, 0.25) is 5.78 Å². The summed E-state index contributed by atoms with van der Waals surface area (Å²) in [6, 6.07) is 56.8. The van der Waals surface area contributed by atoms with Gasteiger partial charge in [-0.3, -0.25) is 4.79 Å². The highest BCUT2D eigenvalue weighted by atomic mass is 16.5. The molecule has 2 aliphatic carbocycles. The van der Waals surface area contributed by atoms with Crippen molar-refractivity contribution >= 4 is 27.9 Å². The Bertz CT molecular complexity index is 3040. The van der Waals surface area contributed by atoms with Gasteiger partial charge in [-0.1, -0.05) is 123 Å². The first kappa shape index (κ1) is 44.8. The summed E-state index contributed by atoms with van der Waals surface area (Å²) in [4.78, 5) is 31.6. The fourth-order valence-electron chi connectivity index (χ4n) is 8.32. The highest BCUT2D eigenvalue weighted by Gasteiger charge is 2.48. The lowest BCUT2D eigenvalue weighted by Gasteiger charge is -2.32. The zero-order valence-electron chi connectivity index (χ0n) is 35.2. The molecule has 0 saturated heterocycles. The monoisotopic (exact) mass is 876 g/mol. The van der Waals surface area contributed by atoms with Gasteiger partial charge in [-0.15, -0.1) is 0 Å². The molecule has 0 radical (unpaired) electrons. The minimum absolute atomic E-state index is 0. The van der Waals surface area contributed by atoms with Gasteiger partial charge in [-0.2, -0.15) is 0 Å². The van der Waals surface area contributed by atoms with Gasteiger partial charge in [0.05, 0.1) is 58.7 Å². The first-order valence-corrected chi connectivity index (χ1v) is 21.3. The first-order chi connectivity index (χ1) is 32.0. The lowest BCUT2D eigenvalue weighted by atomic mass is 9.69. The molecule has 0 atom stereocenters. The predicted octanol–water partition coefficient (Wildman–Crippen LogP) is 9.27. The molecule has 11 heteroatoms. The van der Waals surface area contributed by atoms with Gasteiger partial charge in [0.15, 0.2) is 0 Å². The predicted molar refractivity (Wildman–Crippen MR) is 256 cm³/mol. The molecule has 0 unspecified atom stereocenters. The number of benzene rings is 7. The summed E-state index contributed by atoms with van der Waals surface area (Å²) < 4.78 is 16.4. The molecular weight excluding hydrogens is 829 g/mol. The topological polar surface area (TPSA) is 157 Å². The fraction of sp³-hybridized carbons (Fsp3) is 0.145. The van der Waals surface area contributed by atoms with Crippen LogP contribution in [0.15, 0.2) is 176 Å². The molecule has 0 aliphatic heterocycles. The second-order valence-electron chi connectivity index (χ2n) is 15.1. The molecular formula is C55H48N4O7. The van der Waals surface area contributed by atoms with Crippen molar-refractivity contribution in [2.45, 2.75) is 12.8 Å². The summed E-state index contributed by atoms with van der Waals surface area (Å²) in [6.45, 7) is 0.824. The Balaban J connectivity index is 0.000000167.